The number of ether oxygens (including phenoxy) is 3. The molecule has 0 radical (unpaired) electrons. The van der Waals surface area contributed by atoms with Crippen molar-refractivity contribution in [1.82, 2.24) is 4.90 Å². The normalized spacial score (nSPS) is 18.5. The van der Waals surface area contributed by atoms with Gasteiger partial charge in [-0.1, -0.05) is 11.6 Å². The Morgan fingerprint density at radius 2 is 2.12 bits per heavy atom. The summed E-state index contributed by atoms with van der Waals surface area (Å²) in [4.78, 5) is 13.6. The maximum atomic E-state index is 12.1. The maximum Gasteiger partial charge on any atom is 0.410 e. The number of nitrogens with two attached hydrogens (primary N) is 1. The Labute approximate surface area is 158 Å². The van der Waals surface area contributed by atoms with Gasteiger partial charge in [0.05, 0.1) is 23.1 Å². The standard InChI is InChI=1S/C16H23ClN2O6S/c1-16(2,3)25-15(20)19-6-7-23-11(9-19)10-24-14-5-4-12(8-13(14)17)26(18,21)22/h4-5,8,11H,6-7,9-10H2,1-3H3,(H2,18,21,22). The summed E-state index contributed by atoms with van der Waals surface area (Å²) in [6.45, 7) is 6.69. The molecule has 2 N–H and O–H groups in total. The lowest BCUT2D eigenvalue weighted by molar-refractivity contribution is -0.0557. The van der Waals surface area contributed by atoms with E-state index in [4.69, 9.17) is 31.0 Å². The van der Waals surface area contributed by atoms with Crippen molar-refractivity contribution in [3.8, 4) is 5.75 Å². The Balaban J connectivity index is 1.94. The molecule has 1 aromatic rings. The van der Waals surface area contributed by atoms with Crippen molar-refractivity contribution in [3.05, 3.63) is 23.2 Å². The molecular weight excluding hydrogens is 384 g/mol. The number of rotatable bonds is 4. The summed E-state index contributed by atoms with van der Waals surface area (Å²) >= 11 is 6.03. The molecule has 26 heavy (non-hydrogen) atoms. The number of nitrogens with zero attached hydrogens (tertiary/aromatic N) is 1. The summed E-state index contributed by atoms with van der Waals surface area (Å²) in [6.07, 6.45) is -0.758. The Morgan fingerprint density at radius 1 is 1.42 bits per heavy atom. The molecule has 1 aliphatic heterocycles. The highest BCUT2D eigenvalue weighted by Gasteiger charge is 2.28. The van der Waals surface area contributed by atoms with Gasteiger partial charge < -0.3 is 19.1 Å². The summed E-state index contributed by atoms with van der Waals surface area (Å²) in [6, 6.07) is 3.96. The van der Waals surface area contributed by atoms with E-state index >= 15 is 0 Å². The molecule has 1 aliphatic rings. The van der Waals surface area contributed by atoms with Crippen LogP contribution in [0.4, 0.5) is 4.79 Å². The molecule has 8 nitrogen and oxygen atoms in total. The number of primary sulfonamides is 1. The number of hydrogen-bond acceptors (Lipinski definition) is 6. The quantitative estimate of drug-likeness (QED) is 0.819. The minimum absolute atomic E-state index is 0.0973. The highest BCUT2D eigenvalue weighted by molar-refractivity contribution is 7.89. The van der Waals surface area contributed by atoms with Crippen molar-refractivity contribution in [3.63, 3.8) is 0 Å². The molecule has 1 fully saturated rings. The van der Waals surface area contributed by atoms with Gasteiger partial charge in [0.15, 0.2) is 0 Å². The molecular formula is C16H23ClN2O6S. The largest absolute Gasteiger partial charge is 0.489 e. The van der Waals surface area contributed by atoms with Crippen molar-refractivity contribution < 1.29 is 27.4 Å². The number of amides is 1. The van der Waals surface area contributed by atoms with Crippen LogP contribution in [0.3, 0.4) is 0 Å². The summed E-state index contributed by atoms with van der Waals surface area (Å²) in [7, 11) is -3.83. The van der Waals surface area contributed by atoms with Gasteiger partial charge in [-0.3, -0.25) is 0 Å². The van der Waals surface area contributed by atoms with Crippen molar-refractivity contribution in [2.45, 2.75) is 37.4 Å². The lowest BCUT2D eigenvalue weighted by atomic mass is 10.2. The van der Waals surface area contributed by atoms with Crippen LogP contribution < -0.4 is 9.88 Å². The third-order valence-corrected chi connectivity index (χ3v) is 4.65. The number of sulfonamides is 1. The van der Waals surface area contributed by atoms with Crippen LogP contribution in [0.5, 0.6) is 5.75 Å². The van der Waals surface area contributed by atoms with Crippen LogP contribution in [-0.4, -0.2) is 57.4 Å². The zero-order valence-corrected chi connectivity index (χ0v) is 16.5. The first-order valence-electron chi connectivity index (χ1n) is 8.00. The van der Waals surface area contributed by atoms with Crippen LogP contribution in [0.2, 0.25) is 5.02 Å². The number of benzene rings is 1. The second-order valence-electron chi connectivity index (χ2n) is 6.87. The topological polar surface area (TPSA) is 108 Å². The molecule has 1 amide bonds. The number of halogens is 1. The third kappa shape index (κ3) is 6.01. The summed E-state index contributed by atoms with van der Waals surface area (Å²) in [5, 5.41) is 5.18. The number of hydrogen-bond donors (Lipinski definition) is 1. The second kappa shape index (κ2) is 7.99. The average molecular weight is 407 g/mol. The van der Waals surface area contributed by atoms with Gasteiger partial charge in [0, 0.05) is 6.54 Å². The lowest BCUT2D eigenvalue weighted by Gasteiger charge is -2.34. The minimum Gasteiger partial charge on any atom is -0.489 e. The van der Waals surface area contributed by atoms with E-state index in [1.807, 2.05) is 0 Å². The molecule has 0 bridgehead atoms. The van der Waals surface area contributed by atoms with Crippen LogP contribution >= 0.6 is 11.6 Å². The molecule has 1 heterocycles. The van der Waals surface area contributed by atoms with Crippen molar-refractivity contribution in [2.75, 3.05) is 26.3 Å². The van der Waals surface area contributed by atoms with Gasteiger partial charge >= 0.3 is 6.09 Å². The number of carbonyl (C=O) groups is 1. The van der Waals surface area contributed by atoms with Crippen molar-refractivity contribution in [1.29, 1.82) is 0 Å². The predicted octanol–water partition coefficient (Wildman–Crippen LogP) is 2.00. The van der Waals surface area contributed by atoms with E-state index in [0.717, 1.165) is 0 Å². The van der Waals surface area contributed by atoms with E-state index in [0.29, 0.717) is 25.4 Å². The van der Waals surface area contributed by atoms with Gasteiger partial charge in [-0.05, 0) is 39.0 Å². The average Bonchev–Trinajstić information content (AvgIpc) is 2.51. The molecule has 2 rings (SSSR count). The SMILES string of the molecule is CC(C)(C)OC(=O)N1CCOC(COc2ccc(S(N)(=O)=O)cc2Cl)C1. The van der Waals surface area contributed by atoms with E-state index in [1.165, 1.54) is 18.2 Å². The van der Waals surface area contributed by atoms with Crippen LogP contribution in [-0.2, 0) is 19.5 Å². The molecule has 0 aromatic heterocycles. The maximum absolute atomic E-state index is 12.1. The zero-order valence-electron chi connectivity index (χ0n) is 14.9. The van der Waals surface area contributed by atoms with Crippen LogP contribution in [0, 0.1) is 0 Å². The van der Waals surface area contributed by atoms with Gasteiger partial charge in [-0.15, -0.1) is 0 Å². The summed E-state index contributed by atoms with van der Waals surface area (Å²) < 4.78 is 39.2. The Kier molecular flexibility index (Phi) is 6.38. The van der Waals surface area contributed by atoms with Gasteiger partial charge in [-0.2, -0.15) is 0 Å². The minimum atomic E-state index is -3.83. The Bertz CT molecular complexity index is 762. The molecule has 0 spiro atoms. The first-order valence-corrected chi connectivity index (χ1v) is 9.93. The van der Waals surface area contributed by atoms with Crippen LogP contribution in [0.25, 0.3) is 0 Å². The van der Waals surface area contributed by atoms with Crippen LogP contribution in [0.15, 0.2) is 23.1 Å². The Hall–Kier alpha value is -1.55. The first-order chi connectivity index (χ1) is 12.0. The van der Waals surface area contributed by atoms with Gasteiger partial charge in [0.25, 0.3) is 0 Å². The van der Waals surface area contributed by atoms with Crippen LogP contribution in [0.1, 0.15) is 20.8 Å². The molecule has 146 valence electrons. The first kappa shape index (κ1) is 20.8. The van der Waals surface area contributed by atoms with E-state index in [-0.39, 0.29) is 22.6 Å². The molecule has 0 saturated carbocycles. The van der Waals surface area contributed by atoms with Crippen molar-refractivity contribution in [2.24, 2.45) is 5.14 Å². The predicted molar refractivity (Wildman–Crippen MR) is 95.9 cm³/mol. The fourth-order valence-corrected chi connectivity index (χ4v) is 3.11. The highest BCUT2D eigenvalue weighted by atomic mass is 35.5. The molecule has 1 unspecified atom stereocenters. The van der Waals surface area contributed by atoms with Gasteiger partial charge in [0.1, 0.15) is 24.1 Å². The summed E-state index contributed by atoms with van der Waals surface area (Å²) in [5.41, 5.74) is -0.569. The van der Waals surface area contributed by atoms with E-state index in [1.54, 1.807) is 25.7 Å². The van der Waals surface area contributed by atoms with E-state index < -0.39 is 21.7 Å². The molecule has 0 aliphatic carbocycles. The Morgan fingerprint density at radius 3 is 2.69 bits per heavy atom. The number of carbonyl (C=O) groups excluding carboxylic acids is 1. The summed E-state index contributed by atoms with van der Waals surface area (Å²) in [5.74, 6) is 0.303. The fourth-order valence-electron chi connectivity index (χ4n) is 2.27. The highest BCUT2D eigenvalue weighted by Crippen LogP contribution is 2.27. The molecule has 1 aromatic carbocycles. The molecule has 1 atom stereocenters. The third-order valence-electron chi connectivity index (χ3n) is 3.45. The lowest BCUT2D eigenvalue weighted by Crippen LogP contribution is -2.49. The van der Waals surface area contributed by atoms with E-state index in [9.17, 15) is 13.2 Å². The fraction of sp³-hybridized carbons (Fsp3) is 0.562. The zero-order chi connectivity index (χ0) is 19.5. The van der Waals surface area contributed by atoms with Gasteiger partial charge in [0.2, 0.25) is 10.0 Å². The van der Waals surface area contributed by atoms with Crippen molar-refractivity contribution >= 4 is 27.7 Å². The molecule has 1 saturated heterocycles. The van der Waals surface area contributed by atoms with E-state index in [2.05, 4.69) is 0 Å². The monoisotopic (exact) mass is 406 g/mol. The smallest absolute Gasteiger partial charge is 0.410 e. The molecule has 10 heteroatoms. The number of morpholine rings is 1. The van der Waals surface area contributed by atoms with Gasteiger partial charge in [-0.25, -0.2) is 18.4 Å². The second-order valence-corrected chi connectivity index (χ2v) is 8.84.